The fraction of sp³-hybridized carbons (Fsp3) is 0.143. The Bertz CT molecular complexity index is 924. The molecule has 1 aliphatic rings. The average molecular weight is 332 g/mol. The van der Waals surface area contributed by atoms with Crippen LogP contribution in [0.2, 0.25) is 0 Å². The first kappa shape index (κ1) is 15.5. The predicted octanol–water partition coefficient (Wildman–Crippen LogP) is 4.09. The van der Waals surface area contributed by atoms with Crippen molar-refractivity contribution in [3.05, 3.63) is 89.4 Å². The van der Waals surface area contributed by atoms with Gasteiger partial charge in [-0.05, 0) is 47.9 Å². The van der Waals surface area contributed by atoms with Crippen LogP contribution in [0.4, 0.5) is 4.39 Å². The van der Waals surface area contributed by atoms with Crippen molar-refractivity contribution in [3.8, 4) is 11.3 Å². The fourth-order valence-electron chi connectivity index (χ4n) is 3.23. The van der Waals surface area contributed by atoms with E-state index in [1.807, 2.05) is 17.0 Å². The first-order valence-corrected chi connectivity index (χ1v) is 8.29. The normalized spacial score (nSPS) is 13.4. The van der Waals surface area contributed by atoms with Gasteiger partial charge in [-0.3, -0.25) is 9.78 Å². The molecule has 0 unspecified atom stereocenters. The van der Waals surface area contributed by atoms with E-state index in [4.69, 9.17) is 0 Å². The van der Waals surface area contributed by atoms with Gasteiger partial charge in [0.2, 0.25) is 0 Å². The van der Waals surface area contributed by atoms with Crippen LogP contribution in [0, 0.1) is 5.82 Å². The second kappa shape index (κ2) is 6.48. The van der Waals surface area contributed by atoms with Gasteiger partial charge in [-0.1, -0.05) is 30.3 Å². The van der Waals surface area contributed by atoms with E-state index in [0.29, 0.717) is 29.9 Å². The molecule has 0 aliphatic carbocycles. The molecule has 2 heterocycles. The standard InChI is InChI=1S/C21H17FN2O/c22-19-9-8-16(13-18(19)20-7-3-4-11-23-20)21(25)24-12-10-15-5-1-2-6-17(15)14-24/h1-9,11,13H,10,12,14H2. The summed E-state index contributed by atoms with van der Waals surface area (Å²) < 4.78 is 14.2. The zero-order chi connectivity index (χ0) is 17.2. The number of halogens is 1. The zero-order valence-corrected chi connectivity index (χ0v) is 13.7. The number of pyridine rings is 1. The van der Waals surface area contributed by atoms with Crippen molar-refractivity contribution in [2.24, 2.45) is 0 Å². The lowest BCUT2D eigenvalue weighted by Gasteiger charge is -2.29. The Balaban J connectivity index is 1.63. The summed E-state index contributed by atoms with van der Waals surface area (Å²) in [5.41, 5.74) is 3.83. The Labute approximate surface area is 145 Å². The summed E-state index contributed by atoms with van der Waals surface area (Å²) in [6.45, 7) is 1.26. The molecule has 0 fully saturated rings. The van der Waals surface area contributed by atoms with Crippen LogP contribution >= 0.6 is 0 Å². The summed E-state index contributed by atoms with van der Waals surface area (Å²) in [5, 5.41) is 0. The van der Waals surface area contributed by atoms with E-state index in [9.17, 15) is 9.18 Å². The Morgan fingerprint density at radius 2 is 1.80 bits per heavy atom. The van der Waals surface area contributed by atoms with Crippen molar-refractivity contribution in [1.82, 2.24) is 9.88 Å². The number of hydrogen-bond donors (Lipinski definition) is 0. The topological polar surface area (TPSA) is 33.2 Å². The molecule has 3 aromatic rings. The van der Waals surface area contributed by atoms with Gasteiger partial charge in [-0.15, -0.1) is 0 Å². The maximum absolute atomic E-state index is 14.2. The summed E-state index contributed by atoms with van der Waals surface area (Å²) in [6.07, 6.45) is 2.46. The lowest BCUT2D eigenvalue weighted by molar-refractivity contribution is 0.0734. The molecule has 4 heteroatoms. The molecule has 0 saturated carbocycles. The van der Waals surface area contributed by atoms with Gasteiger partial charge >= 0.3 is 0 Å². The highest BCUT2D eigenvalue weighted by atomic mass is 19.1. The Kier molecular flexibility index (Phi) is 4.02. The van der Waals surface area contributed by atoms with E-state index in [-0.39, 0.29) is 11.7 Å². The lowest BCUT2D eigenvalue weighted by atomic mass is 9.99. The smallest absolute Gasteiger partial charge is 0.254 e. The molecule has 0 atom stereocenters. The Morgan fingerprint density at radius 3 is 2.60 bits per heavy atom. The zero-order valence-electron chi connectivity index (χ0n) is 13.7. The highest BCUT2D eigenvalue weighted by molar-refractivity contribution is 5.95. The third kappa shape index (κ3) is 3.03. The quantitative estimate of drug-likeness (QED) is 0.708. The van der Waals surface area contributed by atoms with Crippen LogP contribution in [-0.4, -0.2) is 22.3 Å². The monoisotopic (exact) mass is 332 g/mol. The number of aromatic nitrogens is 1. The molecule has 0 bridgehead atoms. The SMILES string of the molecule is O=C(c1ccc(F)c(-c2ccccn2)c1)N1CCc2ccccc2C1. The van der Waals surface area contributed by atoms with Gasteiger partial charge in [0.25, 0.3) is 5.91 Å². The second-order valence-corrected chi connectivity index (χ2v) is 6.16. The minimum absolute atomic E-state index is 0.0771. The number of carbonyl (C=O) groups is 1. The highest BCUT2D eigenvalue weighted by Gasteiger charge is 2.22. The molecule has 0 radical (unpaired) electrons. The molecule has 1 amide bonds. The lowest BCUT2D eigenvalue weighted by Crippen LogP contribution is -2.35. The number of fused-ring (bicyclic) bond motifs is 1. The summed E-state index contributed by atoms with van der Waals surface area (Å²) in [5.74, 6) is -0.453. The van der Waals surface area contributed by atoms with Crippen molar-refractivity contribution in [3.63, 3.8) is 0 Å². The number of benzene rings is 2. The van der Waals surface area contributed by atoms with Crippen molar-refractivity contribution < 1.29 is 9.18 Å². The molecule has 124 valence electrons. The van der Waals surface area contributed by atoms with Gasteiger partial charge in [0.05, 0.1) is 5.69 Å². The molecule has 0 spiro atoms. The van der Waals surface area contributed by atoms with E-state index in [1.54, 1.807) is 36.5 Å². The van der Waals surface area contributed by atoms with Crippen LogP contribution in [0.3, 0.4) is 0 Å². The largest absolute Gasteiger partial charge is 0.334 e. The van der Waals surface area contributed by atoms with Crippen molar-refractivity contribution in [2.45, 2.75) is 13.0 Å². The average Bonchev–Trinajstić information content (AvgIpc) is 2.68. The summed E-state index contributed by atoms with van der Waals surface area (Å²) in [7, 11) is 0. The molecule has 1 aliphatic heterocycles. The van der Waals surface area contributed by atoms with E-state index in [1.165, 1.54) is 17.2 Å². The van der Waals surface area contributed by atoms with Crippen LogP contribution in [0.5, 0.6) is 0 Å². The summed E-state index contributed by atoms with van der Waals surface area (Å²) in [4.78, 5) is 18.9. The number of carbonyl (C=O) groups excluding carboxylic acids is 1. The maximum atomic E-state index is 14.2. The van der Waals surface area contributed by atoms with E-state index < -0.39 is 0 Å². The first-order valence-electron chi connectivity index (χ1n) is 8.29. The van der Waals surface area contributed by atoms with Crippen LogP contribution < -0.4 is 0 Å². The van der Waals surface area contributed by atoms with Crippen LogP contribution in [0.1, 0.15) is 21.5 Å². The van der Waals surface area contributed by atoms with Crippen LogP contribution in [0.25, 0.3) is 11.3 Å². The van der Waals surface area contributed by atoms with E-state index in [2.05, 4.69) is 17.1 Å². The minimum Gasteiger partial charge on any atom is -0.334 e. The molecular formula is C21H17FN2O. The van der Waals surface area contributed by atoms with Crippen molar-refractivity contribution in [2.75, 3.05) is 6.54 Å². The highest BCUT2D eigenvalue weighted by Crippen LogP contribution is 2.25. The Morgan fingerprint density at radius 1 is 1.00 bits per heavy atom. The van der Waals surface area contributed by atoms with Gasteiger partial charge in [-0.25, -0.2) is 4.39 Å². The molecule has 2 aromatic carbocycles. The number of amides is 1. The second-order valence-electron chi connectivity index (χ2n) is 6.16. The van der Waals surface area contributed by atoms with Crippen LogP contribution in [0.15, 0.2) is 66.9 Å². The molecule has 4 rings (SSSR count). The van der Waals surface area contributed by atoms with Crippen molar-refractivity contribution in [1.29, 1.82) is 0 Å². The summed E-state index contributed by atoms with van der Waals surface area (Å²) in [6, 6.07) is 18.0. The molecule has 1 aromatic heterocycles. The van der Waals surface area contributed by atoms with Gasteiger partial charge in [0.15, 0.2) is 0 Å². The first-order chi connectivity index (χ1) is 12.2. The molecule has 3 nitrogen and oxygen atoms in total. The maximum Gasteiger partial charge on any atom is 0.254 e. The van der Waals surface area contributed by atoms with Crippen molar-refractivity contribution >= 4 is 5.91 Å². The van der Waals surface area contributed by atoms with E-state index in [0.717, 1.165) is 6.42 Å². The summed E-state index contributed by atoms with van der Waals surface area (Å²) >= 11 is 0. The molecular weight excluding hydrogens is 315 g/mol. The van der Waals surface area contributed by atoms with Gasteiger partial charge in [-0.2, -0.15) is 0 Å². The molecule has 0 saturated heterocycles. The van der Waals surface area contributed by atoms with Gasteiger partial charge in [0, 0.05) is 30.4 Å². The van der Waals surface area contributed by atoms with Gasteiger partial charge < -0.3 is 4.90 Å². The Hall–Kier alpha value is -3.01. The number of hydrogen-bond acceptors (Lipinski definition) is 2. The third-order valence-corrected chi connectivity index (χ3v) is 4.57. The third-order valence-electron chi connectivity index (χ3n) is 4.57. The fourth-order valence-corrected chi connectivity index (χ4v) is 3.23. The molecule has 0 N–H and O–H groups in total. The number of nitrogens with zero attached hydrogens (tertiary/aromatic N) is 2. The minimum atomic E-state index is -0.376. The predicted molar refractivity (Wildman–Crippen MR) is 94.5 cm³/mol. The number of rotatable bonds is 2. The van der Waals surface area contributed by atoms with Crippen LogP contribution in [-0.2, 0) is 13.0 Å². The van der Waals surface area contributed by atoms with Gasteiger partial charge in [0.1, 0.15) is 5.82 Å². The molecule has 25 heavy (non-hydrogen) atoms. The van der Waals surface area contributed by atoms with E-state index >= 15 is 0 Å².